The highest BCUT2D eigenvalue weighted by atomic mass is 32.2. The topological polar surface area (TPSA) is 106 Å². The lowest BCUT2D eigenvalue weighted by Crippen LogP contribution is -2.03. The molecule has 0 aliphatic rings. The number of aryl methyl sites for hydroxylation is 2. The van der Waals surface area contributed by atoms with Gasteiger partial charge < -0.3 is 20.9 Å². The van der Waals surface area contributed by atoms with Crippen LogP contribution in [0.15, 0.2) is 47.9 Å². The molecule has 3 rings (SSSR count). The summed E-state index contributed by atoms with van der Waals surface area (Å²) in [5.74, 6) is 2.50. The monoisotopic (exact) mass is 383 g/mol. The van der Waals surface area contributed by atoms with Gasteiger partial charge in [0.05, 0.1) is 12.8 Å². The number of hydrogen-bond acceptors (Lipinski definition) is 8. The van der Waals surface area contributed by atoms with Gasteiger partial charge in [-0.05, 0) is 49.7 Å². The van der Waals surface area contributed by atoms with Gasteiger partial charge in [-0.15, -0.1) is 11.8 Å². The highest BCUT2D eigenvalue weighted by Crippen LogP contribution is 2.31. The van der Waals surface area contributed by atoms with E-state index in [2.05, 4.69) is 20.3 Å². The molecule has 3 aromatic rings. The number of pyridine rings is 1. The summed E-state index contributed by atoms with van der Waals surface area (Å²) < 4.78 is 5.89. The number of aliphatic hydroxyl groups excluding tert-OH is 1. The lowest BCUT2D eigenvalue weighted by Gasteiger charge is -2.13. The molecule has 27 heavy (non-hydrogen) atoms. The van der Waals surface area contributed by atoms with Crippen LogP contribution in [0.3, 0.4) is 0 Å². The minimum Gasteiger partial charge on any atom is -0.455 e. The lowest BCUT2D eigenvalue weighted by molar-refractivity contribution is 0.322. The Morgan fingerprint density at radius 3 is 2.70 bits per heavy atom. The number of aromatic nitrogens is 3. The molecule has 0 unspecified atom stereocenters. The van der Waals surface area contributed by atoms with Crippen molar-refractivity contribution in [3.63, 3.8) is 0 Å². The molecular weight excluding hydrogens is 362 g/mol. The number of nitrogens with two attached hydrogens (primary N) is 1. The summed E-state index contributed by atoms with van der Waals surface area (Å²) in [6, 6.07) is 9.54. The Balaban J connectivity index is 1.75. The first-order valence-electron chi connectivity index (χ1n) is 8.39. The molecule has 0 fully saturated rings. The van der Waals surface area contributed by atoms with Crippen molar-refractivity contribution in [2.75, 3.05) is 23.4 Å². The Labute approximate surface area is 162 Å². The van der Waals surface area contributed by atoms with Crippen LogP contribution in [0.1, 0.15) is 11.3 Å². The molecule has 0 saturated carbocycles. The number of thioether (sulfide) groups is 1. The van der Waals surface area contributed by atoms with Gasteiger partial charge in [0.25, 0.3) is 0 Å². The second-order valence-electron chi connectivity index (χ2n) is 5.86. The molecule has 2 aromatic heterocycles. The third kappa shape index (κ3) is 4.87. The molecule has 7 nitrogen and oxygen atoms in total. The van der Waals surface area contributed by atoms with Crippen molar-refractivity contribution in [2.24, 2.45) is 0 Å². The second kappa shape index (κ2) is 8.70. The van der Waals surface area contributed by atoms with Gasteiger partial charge in [0.15, 0.2) is 5.82 Å². The molecular formula is C19H21N5O2S. The number of hydrogen-bond donors (Lipinski definition) is 3. The van der Waals surface area contributed by atoms with E-state index in [-0.39, 0.29) is 6.61 Å². The molecule has 2 heterocycles. The number of benzene rings is 1. The van der Waals surface area contributed by atoms with Crippen molar-refractivity contribution in [1.82, 2.24) is 15.0 Å². The number of ether oxygens (including phenoxy) is 1. The van der Waals surface area contributed by atoms with Gasteiger partial charge in [-0.1, -0.05) is 0 Å². The minimum absolute atomic E-state index is 0.0635. The van der Waals surface area contributed by atoms with E-state index in [1.54, 1.807) is 6.20 Å². The van der Waals surface area contributed by atoms with Gasteiger partial charge in [-0.2, -0.15) is 0 Å². The Morgan fingerprint density at radius 1 is 1.15 bits per heavy atom. The largest absolute Gasteiger partial charge is 0.455 e. The standard InChI is InChI=1S/C19H21N5O2S/c1-12-9-14(4-6-16(12)26-15-5-3-13(2)21-10-15)24-18-17(20)19(23-11-22-18)27-8-7-25/h3-6,9-11,25H,7-8,20H2,1-2H3,(H,22,23,24). The van der Waals surface area contributed by atoms with Crippen molar-refractivity contribution >= 4 is 29.0 Å². The predicted octanol–water partition coefficient (Wildman–Crippen LogP) is 3.69. The fourth-order valence-electron chi connectivity index (χ4n) is 2.36. The molecule has 8 heteroatoms. The van der Waals surface area contributed by atoms with Crippen molar-refractivity contribution < 1.29 is 9.84 Å². The fraction of sp³-hybridized carbons (Fsp3) is 0.211. The van der Waals surface area contributed by atoms with E-state index >= 15 is 0 Å². The zero-order valence-corrected chi connectivity index (χ0v) is 16.0. The van der Waals surface area contributed by atoms with Crippen LogP contribution in [0.25, 0.3) is 0 Å². The van der Waals surface area contributed by atoms with Gasteiger partial charge in [-0.3, -0.25) is 4.98 Å². The van der Waals surface area contributed by atoms with Crippen LogP contribution >= 0.6 is 11.8 Å². The summed E-state index contributed by atoms with van der Waals surface area (Å²) in [4.78, 5) is 12.6. The fourth-order valence-corrected chi connectivity index (χ4v) is 3.01. The van der Waals surface area contributed by atoms with Crippen molar-refractivity contribution in [3.8, 4) is 11.5 Å². The maximum Gasteiger partial charge on any atom is 0.158 e. The first-order valence-corrected chi connectivity index (χ1v) is 9.37. The Morgan fingerprint density at radius 2 is 2.00 bits per heavy atom. The van der Waals surface area contributed by atoms with Crippen LogP contribution in [0.2, 0.25) is 0 Å². The van der Waals surface area contributed by atoms with Gasteiger partial charge in [-0.25, -0.2) is 9.97 Å². The van der Waals surface area contributed by atoms with E-state index in [0.29, 0.717) is 28.0 Å². The van der Waals surface area contributed by atoms with E-state index < -0.39 is 0 Å². The SMILES string of the molecule is Cc1ccc(Oc2ccc(Nc3ncnc(SCCO)c3N)cc2C)cn1. The van der Waals surface area contributed by atoms with Crippen LogP contribution in [-0.2, 0) is 0 Å². The van der Waals surface area contributed by atoms with E-state index in [4.69, 9.17) is 15.6 Å². The number of nitrogens with one attached hydrogen (secondary N) is 1. The van der Waals surface area contributed by atoms with Gasteiger partial charge in [0, 0.05) is 17.1 Å². The van der Waals surface area contributed by atoms with Crippen LogP contribution in [0.4, 0.5) is 17.2 Å². The van der Waals surface area contributed by atoms with Crippen molar-refractivity contribution in [3.05, 3.63) is 54.1 Å². The average molecular weight is 383 g/mol. The first kappa shape index (κ1) is 18.9. The summed E-state index contributed by atoms with van der Waals surface area (Å²) >= 11 is 1.39. The van der Waals surface area contributed by atoms with E-state index in [0.717, 1.165) is 22.7 Å². The molecule has 1 aromatic carbocycles. The number of rotatable bonds is 7. The molecule has 0 bridgehead atoms. The Bertz CT molecular complexity index is 918. The van der Waals surface area contributed by atoms with Crippen LogP contribution in [-0.4, -0.2) is 32.4 Å². The minimum atomic E-state index is 0.0635. The smallest absolute Gasteiger partial charge is 0.158 e. The number of anilines is 3. The zero-order valence-electron chi connectivity index (χ0n) is 15.1. The van der Waals surface area contributed by atoms with Gasteiger partial charge in [0.2, 0.25) is 0 Å². The zero-order chi connectivity index (χ0) is 19.2. The maximum atomic E-state index is 8.96. The Hall–Kier alpha value is -2.84. The summed E-state index contributed by atoms with van der Waals surface area (Å²) in [7, 11) is 0. The maximum absolute atomic E-state index is 8.96. The molecule has 0 spiro atoms. The van der Waals surface area contributed by atoms with Gasteiger partial charge in [0.1, 0.15) is 28.5 Å². The number of nitrogen functional groups attached to an aromatic ring is 1. The molecule has 0 aliphatic heterocycles. The van der Waals surface area contributed by atoms with E-state index in [1.807, 2.05) is 44.2 Å². The van der Waals surface area contributed by atoms with E-state index in [1.165, 1.54) is 18.1 Å². The highest BCUT2D eigenvalue weighted by molar-refractivity contribution is 7.99. The number of nitrogens with zero attached hydrogens (tertiary/aromatic N) is 3. The highest BCUT2D eigenvalue weighted by Gasteiger charge is 2.10. The normalized spacial score (nSPS) is 10.6. The summed E-state index contributed by atoms with van der Waals surface area (Å²) in [6.07, 6.45) is 3.15. The van der Waals surface area contributed by atoms with Crippen molar-refractivity contribution in [2.45, 2.75) is 18.9 Å². The first-order chi connectivity index (χ1) is 13.1. The average Bonchev–Trinajstić information content (AvgIpc) is 2.66. The van der Waals surface area contributed by atoms with Crippen LogP contribution in [0, 0.1) is 13.8 Å². The van der Waals surface area contributed by atoms with E-state index in [9.17, 15) is 0 Å². The molecule has 0 saturated heterocycles. The quantitative estimate of drug-likeness (QED) is 0.419. The summed E-state index contributed by atoms with van der Waals surface area (Å²) in [6.45, 7) is 3.96. The molecule has 0 amide bonds. The second-order valence-corrected chi connectivity index (χ2v) is 6.94. The third-order valence-electron chi connectivity index (χ3n) is 3.73. The summed E-state index contributed by atoms with van der Waals surface area (Å²) in [5.41, 5.74) is 9.33. The molecule has 140 valence electrons. The van der Waals surface area contributed by atoms with Crippen LogP contribution in [0.5, 0.6) is 11.5 Å². The Kier molecular flexibility index (Phi) is 6.10. The third-order valence-corrected chi connectivity index (χ3v) is 4.71. The summed E-state index contributed by atoms with van der Waals surface area (Å²) in [5, 5.41) is 12.8. The molecule has 4 N–H and O–H groups in total. The number of aliphatic hydroxyl groups is 1. The van der Waals surface area contributed by atoms with Crippen molar-refractivity contribution in [1.29, 1.82) is 0 Å². The van der Waals surface area contributed by atoms with Gasteiger partial charge >= 0.3 is 0 Å². The molecule has 0 radical (unpaired) electrons. The molecule has 0 aliphatic carbocycles. The predicted molar refractivity (Wildman–Crippen MR) is 108 cm³/mol. The van der Waals surface area contributed by atoms with Crippen LogP contribution < -0.4 is 15.8 Å². The molecule has 0 atom stereocenters. The lowest BCUT2D eigenvalue weighted by atomic mass is 10.2.